The second-order valence-electron chi connectivity index (χ2n) is 6.30. The molecule has 9 heteroatoms. The molecule has 0 unspecified atom stereocenters. The Labute approximate surface area is 196 Å². The van der Waals surface area contributed by atoms with Crippen molar-refractivity contribution in [1.82, 2.24) is 4.90 Å². The molecule has 0 spiro atoms. The van der Waals surface area contributed by atoms with Crippen LogP contribution in [0.5, 0.6) is 11.5 Å². The molecule has 1 aliphatic heterocycles. The Kier molecular flexibility index (Phi) is 7.25. The average molecular weight is 549 g/mol. The Balaban J connectivity index is 1.80. The number of halogens is 1. The summed E-state index contributed by atoms with van der Waals surface area (Å²) in [5.74, 6) is 1.87. The lowest BCUT2D eigenvalue weighted by atomic mass is 10.1. The topological polar surface area (TPSA) is 93.1 Å². The minimum absolute atomic E-state index is 0.0664. The van der Waals surface area contributed by atoms with Crippen LogP contribution in [0, 0.1) is 15.9 Å². The summed E-state index contributed by atoms with van der Waals surface area (Å²) in [6.45, 7) is 0.152. The third kappa shape index (κ3) is 5.21. The molecule has 31 heavy (non-hydrogen) atoms. The predicted molar refractivity (Wildman–Crippen MR) is 125 cm³/mol. The van der Waals surface area contributed by atoms with Crippen molar-refractivity contribution in [2.75, 3.05) is 13.7 Å². The van der Waals surface area contributed by atoms with Crippen molar-refractivity contribution in [2.45, 2.75) is 6.61 Å². The van der Waals surface area contributed by atoms with E-state index in [4.69, 9.17) is 21.0 Å². The largest absolute Gasteiger partial charge is 0.493 e. The SMILES string of the molecule is C#CCN1C(=O)S/C(=C/c2cc(I)c(OCc3ccc(C(=O)O)cc3)c(OC)c2)C1=O. The first-order valence-electron chi connectivity index (χ1n) is 8.85. The van der Waals surface area contributed by atoms with Crippen LogP contribution in [0.3, 0.4) is 0 Å². The molecule has 1 heterocycles. The zero-order valence-electron chi connectivity index (χ0n) is 16.3. The predicted octanol–water partition coefficient (Wildman–Crippen LogP) is 4.25. The van der Waals surface area contributed by atoms with E-state index in [1.165, 1.54) is 19.2 Å². The number of thioether (sulfide) groups is 1. The molecule has 1 fully saturated rings. The fraction of sp³-hybridized carbons (Fsp3) is 0.136. The van der Waals surface area contributed by atoms with Crippen LogP contribution in [-0.2, 0) is 11.4 Å². The number of ether oxygens (including phenoxy) is 2. The van der Waals surface area contributed by atoms with Gasteiger partial charge in [0.05, 0.1) is 27.7 Å². The van der Waals surface area contributed by atoms with Gasteiger partial charge in [-0.1, -0.05) is 18.1 Å². The number of imide groups is 1. The lowest BCUT2D eigenvalue weighted by molar-refractivity contribution is -0.122. The highest BCUT2D eigenvalue weighted by molar-refractivity contribution is 14.1. The first-order chi connectivity index (χ1) is 14.8. The number of benzene rings is 2. The highest BCUT2D eigenvalue weighted by atomic mass is 127. The number of hydrogen-bond acceptors (Lipinski definition) is 6. The first-order valence-corrected chi connectivity index (χ1v) is 10.7. The van der Waals surface area contributed by atoms with E-state index in [1.807, 2.05) is 0 Å². The van der Waals surface area contributed by atoms with Gasteiger partial charge in [-0.05, 0) is 75.8 Å². The molecule has 3 rings (SSSR count). The van der Waals surface area contributed by atoms with Crippen molar-refractivity contribution >= 4 is 57.5 Å². The van der Waals surface area contributed by atoms with Crippen molar-refractivity contribution in [3.05, 3.63) is 61.6 Å². The monoisotopic (exact) mass is 549 g/mol. The van der Waals surface area contributed by atoms with Gasteiger partial charge in [0, 0.05) is 0 Å². The number of nitrogens with zero attached hydrogens (tertiary/aromatic N) is 1. The molecule has 158 valence electrons. The molecule has 1 N–H and O–H groups in total. The maximum Gasteiger partial charge on any atom is 0.335 e. The summed E-state index contributed by atoms with van der Waals surface area (Å²) < 4.78 is 12.1. The fourth-order valence-electron chi connectivity index (χ4n) is 2.74. The summed E-state index contributed by atoms with van der Waals surface area (Å²) in [6, 6.07) is 9.91. The van der Waals surface area contributed by atoms with Crippen molar-refractivity contribution in [3.63, 3.8) is 0 Å². The molecule has 7 nitrogen and oxygen atoms in total. The molecule has 2 aromatic rings. The van der Waals surface area contributed by atoms with Gasteiger partial charge in [-0.15, -0.1) is 6.42 Å². The second-order valence-corrected chi connectivity index (χ2v) is 8.45. The van der Waals surface area contributed by atoms with Gasteiger partial charge in [0.2, 0.25) is 0 Å². The number of hydrogen-bond donors (Lipinski definition) is 1. The summed E-state index contributed by atoms with van der Waals surface area (Å²) in [4.78, 5) is 36.6. The first kappa shape index (κ1) is 22.7. The van der Waals surface area contributed by atoms with E-state index >= 15 is 0 Å². The summed E-state index contributed by atoms with van der Waals surface area (Å²) in [5.41, 5.74) is 1.67. The molecule has 1 aliphatic rings. The van der Waals surface area contributed by atoms with Crippen LogP contribution < -0.4 is 9.47 Å². The van der Waals surface area contributed by atoms with E-state index in [0.29, 0.717) is 17.1 Å². The number of aromatic carboxylic acids is 1. The van der Waals surface area contributed by atoms with Crippen molar-refractivity contribution in [1.29, 1.82) is 0 Å². The number of carbonyl (C=O) groups is 3. The molecule has 0 aliphatic carbocycles. The van der Waals surface area contributed by atoms with Crippen LogP contribution in [0.15, 0.2) is 41.3 Å². The molecular formula is C22H16INO6S. The van der Waals surface area contributed by atoms with Crippen LogP contribution >= 0.6 is 34.4 Å². The smallest absolute Gasteiger partial charge is 0.335 e. The third-order valence-corrected chi connectivity index (χ3v) is 5.97. The molecule has 0 aromatic heterocycles. The van der Waals surface area contributed by atoms with Gasteiger partial charge < -0.3 is 14.6 Å². The van der Waals surface area contributed by atoms with Gasteiger partial charge in [-0.2, -0.15) is 0 Å². The maximum absolute atomic E-state index is 12.4. The van der Waals surface area contributed by atoms with Crippen LogP contribution in [0.2, 0.25) is 0 Å². The van der Waals surface area contributed by atoms with E-state index in [0.717, 1.165) is 25.8 Å². The van der Waals surface area contributed by atoms with E-state index in [1.54, 1.807) is 30.3 Å². The van der Waals surface area contributed by atoms with E-state index in [2.05, 4.69) is 28.5 Å². The lowest BCUT2D eigenvalue weighted by Gasteiger charge is -2.14. The van der Waals surface area contributed by atoms with E-state index < -0.39 is 17.1 Å². The minimum Gasteiger partial charge on any atom is -0.493 e. The molecule has 0 bridgehead atoms. The number of carboxylic acids is 1. The lowest BCUT2D eigenvalue weighted by Crippen LogP contribution is -2.28. The normalized spacial score (nSPS) is 14.6. The van der Waals surface area contributed by atoms with E-state index in [9.17, 15) is 14.4 Å². The quantitative estimate of drug-likeness (QED) is 0.314. The van der Waals surface area contributed by atoms with Gasteiger partial charge in [-0.25, -0.2) is 4.79 Å². The standard InChI is InChI=1S/C22H16INO6S/c1-3-8-24-20(25)18(31-22(24)28)11-14-9-16(23)19(17(10-14)29-2)30-12-13-4-6-15(7-5-13)21(26)27/h1,4-7,9-11H,8,12H2,2H3,(H,26,27)/b18-11+. The Morgan fingerprint density at radius 3 is 2.61 bits per heavy atom. The number of terminal acetylenes is 1. The molecular weight excluding hydrogens is 533 g/mol. The minimum atomic E-state index is -0.989. The van der Waals surface area contributed by atoms with Crippen molar-refractivity contribution in [3.8, 4) is 23.8 Å². The third-order valence-electron chi connectivity index (χ3n) is 4.26. The van der Waals surface area contributed by atoms with Gasteiger partial charge in [0.1, 0.15) is 6.61 Å². The fourth-order valence-corrected chi connectivity index (χ4v) is 4.36. The summed E-state index contributed by atoms with van der Waals surface area (Å²) >= 11 is 2.93. The summed E-state index contributed by atoms with van der Waals surface area (Å²) in [5, 5.41) is 8.58. The van der Waals surface area contributed by atoms with Crippen molar-refractivity contribution in [2.24, 2.45) is 0 Å². The number of amides is 2. The average Bonchev–Trinajstić information content (AvgIpc) is 3.00. The number of carboxylic acid groups (broad SMARTS) is 1. The van der Waals surface area contributed by atoms with Crippen LogP contribution in [0.4, 0.5) is 4.79 Å². The van der Waals surface area contributed by atoms with Crippen LogP contribution in [0.25, 0.3) is 6.08 Å². The zero-order chi connectivity index (χ0) is 22.5. The highest BCUT2D eigenvalue weighted by Gasteiger charge is 2.34. The van der Waals surface area contributed by atoms with Crippen molar-refractivity contribution < 1.29 is 29.0 Å². The van der Waals surface area contributed by atoms with Gasteiger partial charge >= 0.3 is 5.97 Å². The Morgan fingerprint density at radius 1 is 1.29 bits per heavy atom. The van der Waals surface area contributed by atoms with E-state index in [-0.39, 0.29) is 23.6 Å². The van der Waals surface area contributed by atoms with Crippen LogP contribution in [-0.4, -0.2) is 40.8 Å². The summed E-state index contributed by atoms with van der Waals surface area (Å²) in [7, 11) is 1.50. The highest BCUT2D eigenvalue weighted by Crippen LogP contribution is 2.37. The molecule has 1 saturated heterocycles. The molecule has 0 atom stereocenters. The number of rotatable bonds is 7. The summed E-state index contributed by atoms with van der Waals surface area (Å²) in [6.07, 6.45) is 6.83. The van der Waals surface area contributed by atoms with Gasteiger partial charge in [0.25, 0.3) is 11.1 Å². The Hall–Kier alpha value is -2.97. The molecule has 0 saturated carbocycles. The second kappa shape index (κ2) is 9.89. The molecule has 2 amide bonds. The van der Waals surface area contributed by atoms with Crippen LogP contribution in [0.1, 0.15) is 21.5 Å². The maximum atomic E-state index is 12.4. The van der Waals surface area contributed by atoms with Gasteiger partial charge in [-0.3, -0.25) is 14.5 Å². The Bertz CT molecular complexity index is 1120. The zero-order valence-corrected chi connectivity index (χ0v) is 19.2. The van der Waals surface area contributed by atoms with Gasteiger partial charge in [0.15, 0.2) is 11.5 Å². The number of methoxy groups -OCH3 is 1. The number of carbonyl (C=O) groups excluding carboxylic acids is 2. The molecule has 2 aromatic carbocycles. The Morgan fingerprint density at radius 2 is 2.00 bits per heavy atom. The molecule has 0 radical (unpaired) electrons.